The summed E-state index contributed by atoms with van der Waals surface area (Å²) in [6, 6.07) is 13.5. The van der Waals surface area contributed by atoms with Crippen molar-refractivity contribution in [3.8, 4) is 0 Å². The Labute approximate surface area is 124 Å². The van der Waals surface area contributed by atoms with E-state index in [0.29, 0.717) is 22.5 Å². The normalized spacial score (nSPS) is 10.2. The Morgan fingerprint density at radius 3 is 1.40 bits per heavy atom. The van der Waals surface area contributed by atoms with Crippen LogP contribution in [-0.4, -0.2) is 10.2 Å². The number of para-hydroxylation sites is 2. The largest absolute Gasteiger partial charge is 0.398 e. The zero-order chi connectivity index (χ0) is 14.5. The highest BCUT2D eigenvalue weighted by atomic mass is 33.1. The number of hydrogen-bond donors (Lipinski definition) is 2. The maximum Gasteiger partial charge on any atom is 0.232 e. The minimum absolute atomic E-state index is 0.254. The van der Waals surface area contributed by atoms with E-state index >= 15 is 0 Å². The van der Waals surface area contributed by atoms with Crippen molar-refractivity contribution in [3.05, 3.63) is 59.7 Å². The fourth-order valence-corrected chi connectivity index (χ4v) is 3.23. The van der Waals surface area contributed by atoms with E-state index in [-0.39, 0.29) is 10.2 Å². The van der Waals surface area contributed by atoms with E-state index in [1.807, 2.05) is 0 Å². The smallest absolute Gasteiger partial charge is 0.232 e. The van der Waals surface area contributed by atoms with Crippen molar-refractivity contribution in [2.75, 3.05) is 11.5 Å². The lowest BCUT2D eigenvalue weighted by Gasteiger charge is -2.04. The Morgan fingerprint density at radius 2 is 1.05 bits per heavy atom. The van der Waals surface area contributed by atoms with Crippen molar-refractivity contribution in [1.82, 2.24) is 0 Å². The maximum atomic E-state index is 12.0. The fourth-order valence-electron chi connectivity index (χ4n) is 1.53. The summed E-state index contributed by atoms with van der Waals surface area (Å²) in [5.74, 6) is 0. The summed E-state index contributed by atoms with van der Waals surface area (Å²) in [4.78, 5) is 23.9. The molecule has 0 saturated heterocycles. The van der Waals surface area contributed by atoms with Crippen LogP contribution in [0.1, 0.15) is 20.7 Å². The number of benzene rings is 2. The Hall–Kier alpha value is -1.92. The zero-order valence-corrected chi connectivity index (χ0v) is 12.0. The van der Waals surface area contributed by atoms with Gasteiger partial charge in [-0.25, -0.2) is 0 Å². The summed E-state index contributed by atoms with van der Waals surface area (Å²) in [7, 11) is 1.70. The first-order chi connectivity index (χ1) is 9.59. The van der Waals surface area contributed by atoms with Crippen LogP contribution in [0.5, 0.6) is 0 Å². The summed E-state index contributed by atoms with van der Waals surface area (Å²) in [6.45, 7) is 0. The van der Waals surface area contributed by atoms with Crippen LogP contribution < -0.4 is 11.5 Å². The van der Waals surface area contributed by atoms with Crippen LogP contribution in [-0.2, 0) is 0 Å². The summed E-state index contributed by atoms with van der Waals surface area (Å²) in [6.07, 6.45) is 0. The molecule has 2 rings (SSSR count). The topological polar surface area (TPSA) is 86.2 Å². The van der Waals surface area contributed by atoms with E-state index in [9.17, 15) is 9.59 Å². The molecule has 0 spiro atoms. The Balaban J connectivity index is 2.03. The fraction of sp³-hybridized carbons (Fsp3) is 0. The number of carbonyl (C=O) groups excluding carboxylic acids is 2. The molecule has 4 N–H and O–H groups in total. The molecule has 0 aliphatic carbocycles. The molecule has 0 amide bonds. The van der Waals surface area contributed by atoms with Gasteiger partial charge in [-0.1, -0.05) is 24.3 Å². The van der Waals surface area contributed by atoms with Gasteiger partial charge in [0.25, 0.3) is 0 Å². The van der Waals surface area contributed by atoms with Crippen molar-refractivity contribution >= 4 is 43.2 Å². The minimum Gasteiger partial charge on any atom is -0.398 e. The monoisotopic (exact) mass is 304 g/mol. The highest BCUT2D eigenvalue weighted by Crippen LogP contribution is 2.32. The van der Waals surface area contributed by atoms with E-state index in [0.717, 1.165) is 21.6 Å². The van der Waals surface area contributed by atoms with Crippen LogP contribution in [0.3, 0.4) is 0 Å². The first-order valence-electron chi connectivity index (χ1n) is 5.72. The molecule has 0 fully saturated rings. The number of nitrogens with two attached hydrogens (primary N) is 2. The predicted octanol–water partition coefficient (Wildman–Crippen LogP) is 3.21. The molecule has 0 heterocycles. The molecule has 0 saturated carbocycles. The molecule has 0 aromatic heterocycles. The van der Waals surface area contributed by atoms with Crippen molar-refractivity contribution < 1.29 is 9.59 Å². The number of hydrogen-bond acceptors (Lipinski definition) is 6. The molecular formula is C14H12N2O2S2. The van der Waals surface area contributed by atoms with Gasteiger partial charge in [0.2, 0.25) is 10.2 Å². The quantitative estimate of drug-likeness (QED) is 0.654. The first-order valence-corrected chi connectivity index (χ1v) is 7.87. The molecule has 0 atom stereocenters. The number of nitrogen functional groups attached to an aromatic ring is 2. The average Bonchev–Trinajstić information content (AvgIpc) is 2.45. The molecule has 102 valence electrons. The minimum atomic E-state index is -0.254. The standard InChI is InChI=1S/C14H12N2O2S2/c15-11-7-3-1-5-9(11)13(17)19-20-14(18)10-6-2-4-8-12(10)16/h1-8H,15-16H2. The maximum absolute atomic E-state index is 12.0. The molecule has 0 radical (unpaired) electrons. The SMILES string of the molecule is Nc1ccccc1C(=O)SSC(=O)c1ccccc1N. The third-order valence-electron chi connectivity index (χ3n) is 2.55. The van der Waals surface area contributed by atoms with Gasteiger partial charge in [-0.3, -0.25) is 9.59 Å². The molecule has 2 aromatic carbocycles. The van der Waals surface area contributed by atoms with Crippen LogP contribution in [0, 0.1) is 0 Å². The molecule has 0 bridgehead atoms. The summed E-state index contributed by atoms with van der Waals surface area (Å²) in [5.41, 5.74) is 13.0. The van der Waals surface area contributed by atoms with Crippen LogP contribution in [0.25, 0.3) is 0 Å². The number of anilines is 2. The van der Waals surface area contributed by atoms with Gasteiger partial charge in [-0.15, -0.1) is 0 Å². The highest BCUT2D eigenvalue weighted by molar-refractivity contribution is 8.87. The van der Waals surface area contributed by atoms with E-state index < -0.39 is 0 Å². The Kier molecular flexibility index (Phi) is 4.70. The van der Waals surface area contributed by atoms with Crippen LogP contribution in [0.2, 0.25) is 0 Å². The third-order valence-corrected chi connectivity index (χ3v) is 4.54. The first kappa shape index (κ1) is 14.5. The van der Waals surface area contributed by atoms with Crippen molar-refractivity contribution in [2.45, 2.75) is 0 Å². The second kappa shape index (κ2) is 6.49. The lowest BCUT2D eigenvalue weighted by Crippen LogP contribution is -2.01. The lowest BCUT2D eigenvalue weighted by atomic mass is 10.2. The van der Waals surface area contributed by atoms with Crippen molar-refractivity contribution in [2.24, 2.45) is 0 Å². The van der Waals surface area contributed by atoms with Gasteiger partial charge in [-0.05, 0) is 45.9 Å². The van der Waals surface area contributed by atoms with E-state index in [1.165, 1.54) is 0 Å². The molecule has 0 aliphatic rings. The van der Waals surface area contributed by atoms with Gasteiger partial charge < -0.3 is 11.5 Å². The van der Waals surface area contributed by atoms with Crippen LogP contribution >= 0.6 is 21.6 Å². The lowest BCUT2D eigenvalue weighted by molar-refractivity contribution is 0.107. The van der Waals surface area contributed by atoms with Crippen molar-refractivity contribution in [1.29, 1.82) is 0 Å². The molecule has 0 aliphatic heterocycles. The summed E-state index contributed by atoms with van der Waals surface area (Å²) in [5, 5.41) is -0.507. The molecule has 2 aromatic rings. The molecule has 6 heteroatoms. The molecule has 20 heavy (non-hydrogen) atoms. The summed E-state index contributed by atoms with van der Waals surface area (Å²) < 4.78 is 0. The van der Waals surface area contributed by atoms with Crippen LogP contribution in [0.15, 0.2) is 48.5 Å². The average molecular weight is 304 g/mol. The van der Waals surface area contributed by atoms with Gasteiger partial charge in [0, 0.05) is 11.4 Å². The number of carbonyl (C=O) groups is 2. The van der Waals surface area contributed by atoms with E-state index in [1.54, 1.807) is 48.5 Å². The van der Waals surface area contributed by atoms with Gasteiger partial charge in [0.15, 0.2) is 0 Å². The number of rotatable bonds is 2. The second-order valence-electron chi connectivity index (χ2n) is 3.92. The van der Waals surface area contributed by atoms with Gasteiger partial charge in [0.05, 0.1) is 11.1 Å². The van der Waals surface area contributed by atoms with Crippen molar-refractivity contribution in [3.63, 3.8) is 0 Å². The van der Waals surface area contributed by atoms with Gasteiger partial charge in [-0.2, -0.15) is 0 Å². The molecule has 0 unspecified atom stereocenters. The molecule has 4 nitrogen and oxygen atoms in total. The zero-order valence-electron chi connectivity index (χ0n) is 10.4. The predicted molar refractivity (Wildman–Crippen MR) is 85.6 cm³/mol. The summed E-state index contributed by atoms with van der Waals surface area (Å²) >= 11 is 0. The van der Waals surface area contributed by atoms with Gasteiger partial charge >= 0.3 is 0 Å². The van der Waals surface area contributed by atoms with E-state index in [4.69, 9.17) is 11.5 Å². The highest BCUT2D eigenvalue weighted by Gasteiger charge is 2.15. The Morgan fingerprint density at radius 1 is 0.700 bits per heavy atom. The van der Waals surface area contributed by atoms with E-state index in [2.05, 4.69) is 0 Å². The van der Waals surface area contributed by atoms with Crippen LogP contribution in [0.4, 0.5) is 11.4 Å². The van der Waals surface area contributed by atoms with Gasteiger partial charge in [0.1, 0.15) is 0 Å². The molecular weight excluding hydrogens is 292 g/mol. The third kappa shape index (κ3) is 3.34. The Bertz CT molecular complexity index is 602. The second-order valence-corrected chi connectivity index (χ2v) is 5.99.